The first-order valence-corrected chi connectivity index (χ1v) is 10.2. The summed E-state index contributed by atoms with van der Waals surface area (Å²) in [6.07, 6.45) is -0.00912. The number of likely N-dealkylation sites (tertiary alicyclic amines) is 1. The summed E-state index contributed by atoms with van der Waals surface area (Å²) < 4.78 is 63.6. The van der Waals surface area contributed by atoms with Gasteiger partial charge in [0, 0.05) is 37.3 Å². The lowest BCUT2D eigenvalue weighted by Crippen LogP contribution is -2.29. The Labute approximate surface area is 200 Å². The summed E-state index contributed by atoms with van der Waals surface area (Å²) in [6, 6.07) is 5.45. The lowest BCUT2D eigenvalue weighted by atomic mass is 9.84. The molecule has 1 saturated heterocycles. The zero-order chi connectivity index (χ0) is 27.3. The van der Waals surface area contributed by atoms with Gasteiger partial charge in [0.05, 0.1) is 5.39 Å². The largest absolute Gasteiger partial charge is 0.508 e. The summed E-state index contributed by atoms with van der Waals surface area (Å²) in [7, 11) is 0. The average Bonchev–Trinajstić information content (AvgIpc) is 3.10. The number of halogens is 1. The fraction of sp³-hybridized carbons (Fsp3) is 0.400. The van der Waals surface area contributed by atoms with Crippen molar-refractivity contribution in [2.24, 2.45) is 0 Å². The minimum absolute atomic E-state index is 0. The van der Waals surface area contributed by atoms with E-state index in [2.05, 4.69) is 0 Å². The van der Waals surface area contributed by atoms with Gasteiger partial charge >= 0.3 is 5.63 Å². The minimum Gasteiger partial charge on any atom is -0.508 e. The van der Waals surface area contributed by atoms with Crippen LogP contribution < -0.4 is 5.63 Å². The molecular formula is C25H28ClNO5. The molecule has 0 atom stereocenters. The standard InChI is InChI=1S/C25H27NO5.ClH/c1-25(2,3)17-12-18(28)16(13-26-9-5-4-6-10-26)20-21-22(31-23(17)20)15-8-7-14(27)11-19(15)30-24(21)29;/h7-8,11-12,27-28H,4-6,9-10,13H2,1-3H3;1H/i9D2,10D2,13D2;. The van der Waals surface area contributed by atoms with Gasteiger partial charge in [0.2, 0.25) is 0 Å². The highest BCUT2D eigenvalue weighted by molar-refractivity contribution is 6.15. The van der Waals surface area contributed by atoms with Crippen LogP contribution in [0, 0.1) is 0 Å². The molecule has 0 aliphatic carbocycles. The third-order valence-corrected chi connectivity index (χ3v) is 5.48. The van der Waals surface area contributed by atoms with E-state index in [0.29, 0.717) is 15.8 Å². The molecule has 32 heavy (non-hydrogen) atoms. The predicted molar refractivity (Wildman–Crippen MR) is 128 cm³/mol. The van der Waals surface area contributed by atoms with Crippen LogP contribution in [0.15, 0.2) is 37.9 Å². The van der Waals surface area contributed by atoms with E-state index in [1.54, 1.807) is 0 Å². The Kier molecular flexibility index (Phi) is 4.01. The van der Waals surface area contributed by atoms with Crippen LogP contribution in [0.25, 0.3) is 32.9 Å². The normalized spacial score (nSPS) is 21.8. The molecular weight excluding hydrogens is 430 g/mol. The van der Waals surface area contributed by atoms with Crippen LogP contribution in [-0.4, -0.2) is 28.1 Å². The second-order valence-corrected chi connectivity index (χ2v) is 8.77. The number of rotatable bonds is 2. The van der Waals surface area contributed by atoms with E-state index in [1.165, 1.54) is 24.3 Å². The Morgan fingerprint density at radius 3 is 2.47 bits per heavy atom. The number of hydrogen-bond acceptors (Lipinski definition) is 6. The van der Waals surface area contributed by atoms with Crippen molar-refractivity contribution in [3.05, 3.63) is 45.8 Å². The first-order chi connectivity index (χ1) is 17.0. The third kappa shape index (κ3) is 3.61. The van der Waals surface area contributed by atoms with Crippen LogP contribution in [0.1, 0.15) is 59.4 Å². The molecule has 170 valence electrons. The monoisotopic (exact) mass is 463 g/mol. The van der Waals surface area contributed by atoms with E-state index in [4.69, 9.17) is 17.1 Å². The number of phenolic OH excluding ortho intramolecular Hbond substituents is 2. The van der Waals surface area contributed by atoms with Gasteiger partial charge in [0.1, 0.15) is 28.1 Å². The minimum atomic E-state index is -2.90. The molecule has 2 aromatic heterocycles. The van der Waals surface area contributed by atoms with Crippen molar-refractivity contribution >= 4 is 45.3 Å². The molecule has 5 rings (SSSR count). The van der Waals surface area contributed by atoms with Crippen molar-refractivity contribution in [3.8, 4) is 11.5 Å². The van der Waals surface area contributed by atoms with Gasteiger partial charge in [0.15, 0.2) is 5.58 Å². The molecule has 4 aromatic rings. The molecule has 0 bridgehead atoms. The van der Waals surface area contributed by atoms with E-state index in [0.717, 1.165) is 0 Å². The van der Waals surface area contributed by atoms with E-state index < -0.39 is 41.8 Å². The van der Waals surface area contributed by atoms with Gasteiger partial charge in [-0.3, -0.25) is 4.90 Å². The summed E-state index contributed by atoms with van der Waals surface area (Å²) in [6.45, 7) is -2.13. The van der Waals surface area contributed by atoms with Gasteiger partial charge in [0.25, 0.3) is 0 Å². The van der Waals surface area contributed by atoms with Crippen molar-refractivity contribution in [2.45, 2.75) is 51.9 Å². The van der Waals surface area contributed by atoms with E-state index in [9.17, 15) is 15.0 Å². The van der Waals surface area contributed by atoms with Gasteiger partial charge in [-0.05, 0) is 49.4 Å². The Balaban J connectivity index is 0.00000336. The fourth-order valence-electron chi connectivity index (χ4n) is 3.97. The number of fused-ring (bicyclic) bond motifs is 5. The van der Waals surface area contributed by atoms with Crippen LogP contribution >= 0.6 is 12.4 Å². The Morgan fingerprint density at radius 1 is 1.06 bits per heavy atom. The maximum absolute atomic E-state index is 13.3. The fourth-order valence-corrected chi connectivity index (χ4v) is 3.97. The van der Waals surface area contributed by atoms with E-state index >= 15 is 0 Å². The SMILES string of the molecule is Cl.[2H]C1([2H])CCCC([2H])([2H])N1C([2H])([2H])c1c(O)cc(C(C)(C)C)c2oc3c4ccc(O)cc4oc(=O)c3c12. The molecule has 1 fully saturated rings. The number of nitrogens with zero attached hydrogens (tertiary/aromatic N) is 1. The second-order valence-electron chi connectivity index (χ2n) is 8.77. The number of furan rings is 1. The number of benzene rings is 2. The summed E-state index contributed by atoms with van der Waals surface area (Å²) in [5.41, 5.74) is -1.34. The van der Waals surface area contributed by atoms with Crippen LogP contribution in [-0.2, 0) is 11.9 Å². The van der Waals surface area contributed by atoms with Crippen molar-refractivity contribution in [2.75, 3.05) is 13.0 Å². The zero-order valence-electron chi connectivity index (χ0n) is 23.9. The van der Waals surface area contributed by atoms with Crippen molar-refractivity contribution < 1.29 is 27.3 Å². The van der Waals surface area contributed by atoms with Gasteiger partial charge in [-0.25, -0.2) is 4.79 Å². The van der Waals surface area contributed by atoms with Gasteiger partial charge < -0.3 is 19.0 Å². The molecule has 2 N–H and O–H groups in total. The molecule has 7 heteroatoms. The van der Waals surface area contributed by atoms with Gasteiger partial charge in [-0.15, -0.1) is 12.4 Å². The van der Waals surface area contributed by atoms with Crippen molar-refractivity contribution in [1.29, 1.82) is 0 Å². The maximum Gasteiger partial charge on any atom is 0.348 e. The Morgan fingerprint density at radius 2 is 1.78 bits per heavy atom. The molecule has 0 spiro atoms. The molecule has 0 saturated carbocycles. The van der Waals surface area contributed by atoms with Crippen molar-refractivity contribution in [3.63, 3.8) is 0 Å². The van der Waals surface area contributed by atoms with Crippen LogP contribution in [0.5, 0.6) is 11.5 Å². The molecule has 0 amide bonds. The topological polar surface area (TPSA) is 87.1 Å². The van der Waals surface area contributed by atoms with E-state index in [-0.39, 0.29) is 64.9 Å². The van der Waals surface area contributed by atoms with Crippen LogP contribution in [0.3, 0.4) is 0 Å². The molecule has 0 unspecified atom stereocenters. The summed E-state index contributed by atoms with van der Waals surface area (Å²) in [5.74, 6) is -0.696. The maximum atomic E-state index is 13.3. The molecule has 1 aliphatic rings. The number of hydrogen-bond donors (Lipinski definition) is 2. The number of aromatic hydroxyl groups is 2. The number of piperidine rings is 1. The van der Waals surface area contributed by atoms with Crippen LogP contribution in [0.4, 0.5) is 0 Å². The highest BCUT2D eigenvalue weighted by atomic mass is 35.5. The molecule has 0 radical (unpaired) electrons. The quantitative estimate of drug-likeness (QED) is 0.365. The summed E-state index contributed by atoms with van der Waals surface area (Å²) >= 11 is 0. The van der Waals surface area contributed by atoms with Gasteiger partial charge in [-0.2, -0.15) is 0 Å². The van der Waals surface area contributed by atoms with Crippen LogP contribution in [0.2, 0.25) is 0 Å². The summed E-state index contributed by atoms with van der Waals surface area (Å²) in [5, 5.41) is 21.2. The number of phenols is 2. The first-order valence-electron chi connectivity index (χ1n) is 13.2. The molecule has 1 aliphatic heterocycles. The Hall–Kier alpha value is -2.70. The first kappa shape index (κ1) is 16.0. The third-order valence-electron chi connectivity index (χ3n) is 5.48. The van der Waals surface area contributed by atoms with Crippen molar-refractivity contribution in [1.82, 2.24) is 4.90 Å². The highest BCUT2D eigenvalue weighted by Gasteiger charge is 2.28. The average molecular weight is 464 g/mol. The lowest BCUT2D eigenvalue weighted by molar-refractivity contribution is 0.219. The predicted octanol–water partition coefficient (Wildman–Crippen LogP) is 5.81. The smallest absolute Gasteiger partial charge is 0.348 e. The van der Waals surface area contributed by atoms with E-state index in [1.807, 2.05) is 20.8 Å². The summed E-state index contributed by atoms with van der Waals surface area (Å²) in [4.78, 5) is 13.8. The molecule has 2 aromatic carbocycles. The lowest BCUT2D eigenvalue weighted by Gasteiger charge is -2.27. The van der Waals surface area contributed by atoms with Gasteiger partial charge in [-0.1, -0.05) is 27.2 Å². The Bertz CT molecular complexity index is 1620. The highest BCUT2D eigenvalue weighted by Crippen LogP contribution is 2.43. The second kappa shape index (κ2) is 8.01. The zero-order valence-corrected chi connectivity index (χ0v) is 18.7. The molecule has 3 heterocycles. The molecule has 6 nitrogen and oxygen atoms in total.